The molecule has 4 heteroatoms. The SMILES string of the molecule is Cc1ccc2c([C@@H]3Nc4ccccc4[C@@H]4OCCC[C@H]34)cc(=O)oc2c1. The van der Waals surface area contributed by atoms with E-state index in [9.17, 15) is 4.79 Å². The van der Waals surface area contributed by atoms with E-state index >= 15 is 0 Å². The molecule has 26 heavy (non-hydrogen) atoms. The van der Waals surface area contributed by atoms with Crippen LogP contribution in [0.15, 0.2) is 57.7 Å². The molecule has 1 fully saturated rings. The summed E-state index contributed by atoms with van der Waals surface area (Å²) < 4.78 is 11.6. The predicted molar refractivity (Wildman–Crippen MR) is 101 cm³/mol. The lowest BCUT2D eigenvalue weighted by molar-refractivity contribution is -0.0380. The number of rotatable bonds is 1. The number of fused-ring (bicyclic) bond motifs is 4. The van der Waals surface area contributed by atoms with Crippen molar-refractivity contribution in [2.75, 3.05) is 11.9 Å². The smallest absolute Gasteiger partial charge is 0.336 e. The van der Waals surface area contributed by atoms with Gasteiger partial charge in [0.1, 0.15) is 5.58 Å². The Kier molecular flexibility index (Phi) is 3.61. The number of aryl methyl sites for hydroxylation is 1. The Bertz CT molecular complexity index is 1040. The number of anilines is 1. The summed E-state index contributed by atoms with van der Waals surface area (Å²) in [6.07, 6.45) is 2.18. The number of hydrogen-bond donors (Lipinski definition) is 1. The van der Waals surface area contributed by atoms with Crippen molar-refractivity contribution in [3.05, 3.63) is 75.6 Å². The predicted octanol–water partition coefficient (Wildman–Crippen LogP) is 4.74. The van der Waals surface area contributed by atoms with Gasteiger partial charge < -0.3 is 14.5 Å². The molecule has 3 heterocycles. The summed E-state index contributed by atoms with van der Waals surface area (Å²) in [6.45, 7) is 2.80. The Hall–Kier alpha value is -2.59. The van der Waals surface area contributed by atoms with E-state index in [1.54, 1.807) is 6.07 Å². The fourth-order valence-electron chi connectivity index (χ4n) is 4.48. The van der Waals surface area contributed by atoms with Crippen LogP contribution in [0.5, 0.6) is 0 Å². The number of ether oxygens (including phenoxy) is 1. The topological polar surface area (TPSA) is 51.5 Å². The molecule has 3 atom stereocenters. The molecule has 0 bridgehead atoms. The van der Waals surface area contributed by atoms with Crippen LogP contribution in [0.25, 0.3) is 11.0 Å². The van der Waals surface area contributed by atoms with E-state index in [2.05, 4.69) is 35.6 Å². The summed E-state index contributed by atoms with van der Waals surface area (Å²) in [5.41, 5.74) is 4.75. The van der Waals surface area contributed by atoms with E-state index in [0.717, 1.165) is 41.6 Å². The van der Waals surface area contributed by atoms with E-state index < -0.39 is 0 Å². The van der Waals surface area contributed by atoms with Gasteiger partial charge in [0.25, 0.3) is 0 Å². The van der Waals surface area contributed by atoms with E-state index in [1.165, 1.54) is 5.56 Å². The Morgan fingerprint density at radius 2 is 1.96 bits per heavy atom. The molecule has 5 rings (SSSR count). The number of hydrogen-bond acceptors (Lipinski definition) is 4. The monoisotopic (exact) mass is 347 g/mol. The first-order valence-corrected chi connectivity index (χ1v) is 9.22. The van der Waals surface area contributed by atoms with Gasteiger partial charge in [0.2, 0.25) is 0 Å². The van der Waals surface area contributed by atoms with Crippen LogP contribution < -0.4 is 10.9 Å². The second-order valence-electron chi connectivity index (χ2n) is 7.33. The van der Waals surface area contributed by atoms with Gasteiger partial charge in [0.15, 0.2) is 0 Å². The van der Waals surface area contributed by atoms with Gasteiger partial charge in [0, 0.05) is 35.2 Å². The Labute approximate surface area is 151 Å². The summed E-state index contributed by atoms with van der Waals surface area (Å²) in [6, 6.07) is 16.1. The summed E-state index contributed by atoms with van der Waals surface area (Å²) in [4.78, 5) is 12.2. The average Bonchev–Trinajstić information content (AvgIpc) is 2.66. The molecule has 0 amide bonds. The van der Waals surface area contributed by atoms with Crippen molar-refractivity contribution in [2.45, 2.75) is 31.9 Å². The van der Waals surface area contributed by atoms with Gasteiger partial charge in [-0.15, -0.1) is 0 Å². The first kappa shape index (κ1) is 15.6. The number of benzene rings is 2. The molecule has 132 valence electrons. The maximum Gasteiger partial charge on any atom is 0.336 e. The van der Waals surface area contributed by atoms with Crippen LogP contribution in [0.4, 0.5) is 5.69 Å². The Morgan fingerprint density at radius 3 is 2.88 bits per heavy atom. The van der Waals surface area contributed by atoms with Crippen molar-refractivity contribution < 1.29 is 9.15 Å². The molecule has 0 radical (unpaired) electrons. The van der Waals surface area contributed by atoms with Crippen LogP contribution in [0, 0.1) is 12.8 Å². The number of nitrogens with one attached hydrogen (secondary N) is 1. The highest BCUT2D eigenvalue weighted by molar-refractivity contribution is 5.82. The van der Waals surface area contributed by atoms with Crippen molar-refractivity contribution in [2.24, 2.45) is 5.92 Å². The summed E-state index contributed by atoms with van der Waals surface area (Å²) in [5, 5.41) is 4.68. The largest absolute Gasteiger partial charge is 0.423 e. The quantitative estimate of drug-likeness (QED) is 0.646. The Balaban J connectivity index is 1.70. The fraction of sp³-hybridized carbons (Fsp3) is 0.318. The third-order valence-corrected chi connectivity index (χ3v) is 5.64. The maximum atomic E-state index is 12.2. The fourth-order valence-corrected chi connectivity index (χ4v) is 4.48. The van der Waals surface area contributed by atoms with Crippen LogP contribution in [0.2, 0.25) is 0 Å². The summed E-state index contributed by atoms with van der Waals surface area (Å²) >= 11 is 0. The van der Waals surface area contributed by atoms with Crippen LogP contribution in [0.3, 0.4) is 0 Å². The van der Waals surface area contributed by atoms with Gasteiger partial charge >= 0.3 is 5.63 Å². The van der Waals surface area contributed by atoms with Crippen molar-refractivity contribution >= 4 is 16.7 Å². The molecule has 2 aromatic carbocycles. The molecule has 2 aliphatic rings. The van der Waals surface area contributed by atoms with Crippen molar-refractivity contribution in [3.63, 3.8) is 0 Å². The lowest BCUT2D eigenvalue weighted by atomic mass is 9.77. The molecule has 0 aliphatic carbocycles. The van der Waals surface area contributed by atoms with Crippen LogP contribution >= 0.6 is 0 Å². The van der Waals surface area contributed by atoms with Gasteiger partial charge in [-0.1, -0.05) is 30.3 Å². The summed E-state index contributed by atoms with van der Waals surface area (Å²) in [7, 11) is 0. The molecule has 1 saturated heterocycles. The number of para-hydroxylation sites is 1. The normalized spacial score (nSPS) is 24.6. The molecule has 3 aromatic rings. The van der Waals surface area contributed by atoms with E-state index in [1.807, 2.05) is 19.1 Å². The first-order valence-electron chi connectivity index (χ1n) is 9.22. The highest BCUT2D eigenvalue weighted by Crippen LogP contribution is 2.49. The molecule has 4 nitrogen and oxygen atoms in total. The van der Waals surface area contributed by atoms with Crippen LogP contribution in [-0.4, -0.2) is 6.61 Å². The molecule has 2 aliphatic heterocycles. The Morgan fingerprint density at radius 1 is 1.08 bits per heavy atom. The zero-order valence-electron chi connectivity index (χ0n) is 14.7. The van der Waals surface area contributed by atoms with Crippen molar-refractivity contribution in [1.29, 1.82) is 0 Å². The molecule has 1 aromatic heterocycles. The highest BCUT2D eigenvalue weighted by atomic mass is 16.5. The first-order chi connectivity index (χ1) is 12.7. The average molecular weight is 347 g/mol. The van der Waals surface area contributed by atoms with Crippen molar-refractivity contribution in [1.82, 2.24) is 0 Å². The third-order valence-electron chi connectivity index (χ3n) is 5.64. The lowest BCUT2D eigenvalue weighted by Crippen LogP contribution is -2.36. The minimum atomic E-state index is -0.299. The molecule has 0 saturated carbocycles. The zero-order valence-corrected chi connectivity index (χ0v) is 14.7. The van der Waals surface area contributed by atoms with Gasteiger partial charge in [0.05, 0.1) is 12.1 Å². The maximum absolute atomic E-state index is 12.2. The molecular formula is C22H21NO3. The minimum Gasteiger partial charge on any atom is -0.423 e. The molecule has 0 spiro atoms. The highest BCUT2D eigenvalue weighted by Gasteiger charge is 2.40. The lowest BCUT2D eigenvalue weighted by Gasteiger charge is -2.43. The standard InChI is InChI=1S/C22H21NO3/c1-13-8-9-14-17(12-20(24)26-19(14)11-13)21-16-6-4-10-25-22(16)15-5-2-3-7-18(15)23-21/h2-3,5,7-9,11-12,16,21-23H,4,6,10H2,1H3/t16-,21-,22+/m1/s1. The second-order valence-corrected chi connectivity index (χ2v) is 7.33. The molecule has 0 unspecified atom stereocenters. The van der Waals surface area contributed by atoms with Gasteiger partial charge in [-0.05, 0) is 43.0 Å². The van der Waals surface area contributed by atoms with E-state index in [-0.39, 0.29) is 17.8 Å². The third kappa shape index (κ3) is 2.44. The van der Waals surface area contributed by atoms with E-state index in [4.69, 9.17) is 9.15 Å². The molecular weight excluding hydrogens is 326 g/mol. The molecule has 1 N–H and O–H groups in total. The summed E-state index contributed by atoms with van der Waals surface area (Å²) in [5.74, 6) is 0.296. The minimum absolute atomic E-state index is 0.0320. The van der Waals surface area contributed by atoms with Crippen LogP contribution in [-0.2, 0) is 4.74 Å². The zero-order chi connectivity index (χ0) is 17.7. The second kappa shape index (κ2) is 5.99. The van der Waals surface area contributed by atoms with Gasteiger partial charge in [-0.3, -0.25) is 0 Å². The van der Waals surface area contributed by atoms with Crippen molar-refractivity contribution in [3.8, 4) is 0 Å². The van der Waals surface area contributed by atoms with Gasteiger partial charge in [-0.2, -0.15) is 0 Å². The van der Waals surface area contributed by atoms with E-state index in [0.29, 0.717) is 11.5 Å². The van der Waals surface area contributed by atoms with Gasteiger partial charge in [-0.25, -0.2) is 4.79 Å². The van der Waals surface area contributed by atoms with Crippen LogP contribution in [0.1, 0.15) is 41.7 Å².